The summed E-state index contributed by atoms with van der Waals surface area (Å²) in [6.07, 6.45) is 7.19. The van der Waals surface area contributed by atoms with Crippen molar-refractivity contribution in [3.8, 4) is 0 Å². The molecule has 0 radical (unpaired) electrons. The highest BCUT2D eigenvalue weighted by atomic mass is 15.1. The first-order valence-electron chi connectivity index (χ1n) is 7.44. The molecule has 0 amide bonds. The van der Waals surface area contributed by atoms with Crippen LogP contribution in [0.1, 0.15) is 39.5 Å². The van der Waals surface area contributed by atoms with Crippen LogP contribution in [0.25, 0.3) is 11.0 Å². The van der Waals surface area contributed by atoms with E-state index in [4.69, 9.17) is 0 Å². The molecular weight excluding hydrogens is 234 g/mol. The van der Waals surface area contributed by atoms with Gasteiger partial charge < -0.3 is 9.88 Å². The van der Waals surface area contributed by atoms with E-state index in [1.54, 1.807) is 0 Å². The maximum atomic E-state index is 4.41. The first-order valence-corrected chi connectivity index (χ1v) is 7.44. The van der Waals surface area contributed by atoms with Crippen LogP contribution in [0.15, 0.2) is 30.6 Å². The van der Waals surface area contributed by atoms with E-state index in [0.717, 1.165) is 18.6 Å². The summed E-state index contributed by atoms with van der Waals surface area (Å²) in [5.41, 5.74) is 2.31. The average Bonchev–Trinajstić information content (AvgIpc) is 2.83. The minimum Gasteiger partial charge on any atom is -0.329 e. The number of nitrogens with one attached hydrogen (secondary N) is 1. The predicted octanol–water partition coefficient (Wildman–Crippen LogP) is 3.59. The van der Waals surface area contributed by atoms with Gasteiger partial charge in [-0.15, -0.1) is 0 Å². The van der Waals surface area contributed by atoms with Crippen LogP contribution in [0.5, 0.6) is 0 Å². The quantitative estimate of drug-likeness (QED) is 0.734. The van der Waals surface area contributed by atoms with E-state index >= 15 is 0 Å². The van der Waals surface area contributed by atoms with Gasteiger partial charge in [0.2, 0.25) is 0 Å². The molecule has 1 unspecified atom stereocenters. The first kappa shape index (κ1) is 14.1. The number of hydrogen-bond donors (Lipinski definition) is 1. The van der Waals surface area contributed by atoms with Crippen molar-refractivity contribution in [3.05, 3.63) is 30.6 Å². The van der Waals surface area contributed by atoms with Crippen molar-refractivity contribution in [2.45, 2.75) is 52.1 Å². The Bertz CT molecular complexity index is 489. The summed E-state index contributed by atoms with van der Waals surface area (Å²) in [7, 11) is 0. The number of fused-ring (bicyclic) bond motifs is 1. The number of para-hydroxylation sites is 2. The molecule has 2 rings (SSSR count). The van der Waals surface area contributed by atoms with Gasteiger partial charge in [-0.1, -0.05) is 38.3 Å². The highest BCUT2D eigenvalue weighted by Gasteiger charge is 2.03. The van der Waals surface area contributed by atoms with E-state index in [9.17, 15) is 0 Å². The zero-order valence-electron chi connectivity index (χ0n) is 12.1. The summed E-state index contributed by atoms with van der Waals surface area (Å²) in [5, 5.41) is 3.60. The lowest BCUT2D eigenvalue weighted by Gasteiger charge is -2.14. The Morgan fingerprint density at radius 1 is 1.26 bits per heavy atom. The molecule has 0 spiro atoms. The van der Waals surface area contributed by atoms with Gasteiger partial charge in [-0.3, -0.25) is 0 Å². The van der Waals surface area contributed by atoms with Gasteiger partial charge in [0.25, 0.3) is 0 Å². The van der Waals surface area contributed by atoms with Gasteiger partial charge >= 0.3 is 0 Å². The number of aromatic nitrogens is 2. The molecule has 0 saturated carbocycles. The van der Waals surface area contributed by atoms with E-state index in [2.05, 4.69) is 46.9 Å². The van der Waals surface area contributed by atoms with Gasteiger partial charge in [0.15, 0.2) is 0 Å². The topological polar surface area (TPSA) is 29.9 Å². The summed E-state index contributed by atoms with van der Waals surface area (Å²) in [6, 6.07) is 8.91. The van der Waals surface area contributed by atoms with Crippen molar-refractivity contribution in [2.24, 2.45) is 0 Å². The summed E-state index contributed by atoms with van der Waals surface area (Å²) in [4.78, 5) is 4.41. The summed E-state index contributed by atoms with van der Waals surface area (Å²) in [6.45, 7) is 6.52. The summed E-state index contributed by atoms with van der Waals surface area (Å²) < 4.78 is 2.22. The predicted molar refractivity (Wildman–Crippen MR) is 81.3 cm³/mol. The number of imidazole rings is 1. The molecular formula is C16H25N3. The second kappa shape index (κ2) is 7.29. The molecule has 1 heterocycles. The van der Waals surface area contributed by atoms with Gasteiger partial charge in [0.1, 0.15) is 0 Å². The third kappa shape index (κ3) is 4.06. The van der Waals surface area contributed by atoms with Crippen molar-refractivity contribution in [2.75, 3.05) is 6.54 Å². The van der Waals surface area contributed by atoms with Gasteiger partial charge in [0, 0.05) is 19.1 Å². The lowest BCUT2D eigenvalue weighted by molar-refractivity contribution is 0.472. The molecule has 104 valence electrons. The van der Waals surface area contributed by atoms with Crippen LogP contribution >= 0.6 is 0 Å². The lowest BCUT2D eigenvalue weighted by Crippen LogP contribution is -2.29. The Kier molecular flexibility index (Phi) is 5.40. The molecule has 3 nitrogen and oxygen atoms in total. The maximum absolute atomic E-state index is 4.41. The first-order chi connectivity index (χ1) is 9.31. The molecule has 19 heavy (non-hydrogen) atoms. The molecule has 0 aliphatic rings. The lowest BCUT2D eigenvalue weighted by atomic mass is 10.1. The van der Waals surface area contributed by atoms with E-state index in [1.807, 2.05) is 12.4 Å². The van der Waals surface area contributed by atoms with Crippen LogP contribution in [0.4, 0.5) is 0 Å². The smallest absolute Gasteiger partial charge is 0.0958 e. The summed E-state index contributed by atoms with van der Waals surface area (Å²) >= 11 is 0. The van der Waals surface area contributed by atoms with Crippen molar-refractivity contribution >= 4 is 11.0 Å². The fourth-order valence-corrected chi connectivity index (χ4v) is 2.42. The van der Waals surface area contributed by atoms with Crippen LogP contribution < -0.4 is 5.32 Å². The van der Waals surface area contributed by atoms with Gasteiger partial charge in [0.05, 0.1) is 17.4 Å². The average molecular weight is 259 g/mol. The fraction of sp³-hybridized carbons (Fsp3) is 0.562. The zero-order valence-corrected chi connectivity index (χ0v) is 12.1. The highest BCUT2D eigenvalue weighted by molar-refractivity contribution is 5.74. The van der Waals surface area contributed by atoms with E-state index in [0.29, 0.717) is 6.04 Å². The van der Waals surface area contributed by atoms with Crippen LogP contribution in [-0.2, 0) is 6.54 Å². The van der Waals surface area contributed by atoms with Crippen LogP contribution in [-0.4, -0.2) is 22.1 Å². The standard InChI is InChI=1S/C16H25N3/c1-3-4-5-8-14(2)17-11-12-19-13-18-15-9-6-7-10-16(15)19/h6-7,9-10,13-14,17H,3-5,8,11-12H2,1-2H3. The Labute approximate surface area is 116 Å². The minimum atomic E-state index is 0.612. The largest absolute Gasteiger partial charge is 0.329 e. The number of unbranched alkanes of at least 4 members (excludes halogenated alkanes) is 2. The van der Waals surface area contributed by atoms with E-state index in [-0.39, 0.29) is 0 Å². The maximum Gasteiger partial charge on any atom is 0.0958 e. The number of nitrogens with zero attached hydrogens (tertiary/aromatic N) is 2. The summed E-state index contributed by atoms with van der Waals surface area (Å²) in [5.74, 6) is 0. The third-order valence-corrected chi connectivity index (χ3v) is 3.61. The number of rotatable bonds is 8. The van der Waals surface area contributed by atoms with Crippen LogP contribution in [0.3, 0.4) is 0 Å². The van der Waals surface area contributed by atoms with Crippen LogP contribution in [0, 0.1) is 0 Å². The Hall–Kier alpha value is -1.35. The van der Waals surface area contributed by atoms with Gasteiger partial charge in [-0.25, -0.2) is 4.98 Å². The number of hydrogen-bond acceptors (Lipinski definition) is 2. The second-order valence-electron chi connectivity index (χ2n) is 5.28. The minimum absolute atomic E-state index is 0.612. The molecule has 0 aliphatic heterocycles. The Balaban J connectivity index is 1.76. The zero-order chi connectivity index (χ0) is 13.5. The third-order valence-electron chi connectivity index (χ3n) is 3.61. The second-order valence-corrected chi connectivity index (χ2v) is 5.28. The Morgan fingerprint density at radius 3 is 2.95 bits per heavy atom. The molecule has 1 aromatic heterocycles. The monoisotopic (exact) mass is 259 g/mol. The van der Waals surface area contributed by atoms with Crippen molar-refractivity contribution < 1.29 is 0 Å². The number of benzene rings is 1. The van der Waals surface area contributed by atoms with Crippen molar-refractivity contribution in [3.63, 3.8) is 0 Å². The molecule has 0 aliphatic carbocycles. The van der Waals surface area contributed by atoms with Crippen LogP contribution in [0.2, 0.25) is 0 Å². The molecule has 0 fully saturated rings. The molecule has 1 aromatic carbocycles. The molecule has 0 bridgehead atoms. The normalized spacial score (nSPS) is 12.9. The molecule has 0 saturated heterocycles. The molecule has 1 atom stereocenters. The fourth-order valence-electron chi connectivity index (χ4n) is 2.42. The molecule has 3 heteroatoms. The Morgan fingerprint density at radius 2 is 2.11 bits per heavy atom. The highest BCUT2D eigenvalue weighted by Crippen LogP contribution is 2.11. The van der Waals surface area contributed by atoms with Crippen molar-refractivity contribution in [1.29, 1.82) is 0 Å². The van der Waals surface area contributed by atoms with E-state index in [1.165, 1.54) is 31.2 Å². The molecule has 2 aromatic rings. The molecule has 1 N–H and O–H groups in total. The van der Waals surface area contributed by atoms with Gasteiger partial charge in [-0.05, 0) is 25.5 Å². The SMILES string of the molecule is CCCCCC(C)NCCn1cnc2ccccc21. The van der Waals surface area contributed by atoms with E-state index < -0.39 is 0 Å². The van der Waals surface area contributed by atoms with Crippen molar-refractivity contribution in [1.82, 2.24) is 14.9 Å². The van der Waals surface area contributed by atoms with Gasteiger partial charge in [-0.2, -0.15) is 0 Å².